The number of amides is 2. The minimum atomic E-state index is -1.03. The molecule has 0 fully saturated rings. The Kier molecular flexibility index (Phi) is 12.1. The zero-order valence-corrected chi connectivity index (χ0v) is 23.5. The van der Waals surface area contributed by atoms with E-state index in [0.29, 0.717) is 30.1 Å². The molecule has 0 bridgehead atoms. The first-order valence-electron chi connectivity index (χ1n) is 13.4. The van der Waals surface area contributed by atoms with Gasteiger partial charge in [0.15, 0.2) is 6.10 Å². The number of benzene rings is 3. The molecule has 224 valence electrons. The van der Waals surface area contributed by atoms with Crippen molar-refractivity contribution in [1.82, 2.24) is 4.90 Å². The van der Waals surface area contributed by atoms with Crippen molar-refractivity contribution in [2.45, 2.75) is 32.8 Å². The van der Waals surface area contributed by atoms with Gasteiger partial charge in [0.1, 0.15) is 23.9 Å². The lowest BCUT2D eigenvalue weighted by Crippen LogP contribution is -2.39. The van der Waals surface area contributed by atoms with Crippen LogP contribution in [0.15, 0.2) is 66.7 Å². The molecule has 42 heavy (non-hydrogen) atoms. The van der Waals surface area contributed by atoms with Crippen LogP contribution in [0.5, 0.6) is 11.5 Å². The monoisotopic (exact) mass is 583 g/mol. The fraction of sp³-hybridized carbons (Fsp3) is 0.333. The van der Waals surface area contributed by atoms with E-state index in [4.69, 9.17) is 14.2 Å². The molecule has 0 saturated heterocycles. The van der Waals surface area contributed by atoms with E-state index in [9.17, 15) is 29.2 Å². The molecule has 11 nitrogen and oxygen atoms in total. The molecular formula is C30H34FN3O8. The topological polar surface area (TPSA) is 140 Å². The normalized spacial score (nSPS) is 11.4. The number of anilines is 1. The van der Waals surface area contributed by atoms with Crippen LogP contribution in [0.2, 0.25) is 0 Å². The molecule has 0 aliphatic rings. The first-order valence-corrected chi connectivity index (χ1v) is 13.4. The summed E-state index contributed by atoms with van der Waals surface area (Å²) in [6.45, 7) is 4.55. The maximum absolute atomic E-state index is 13.1. The number of aryl methyl sites for hydroxylation is 1. The number of carbonyl (C=O) groups excluding carboxylic acids is 1. The number of urea groups is 1. The highest BCUT2D eigenvalue weighted by Gasteiger charge is 2.19. The molecule has 3 aromatic rings. The van der Waals surface area contributed by atoms with E-state index < -0.39 is 23.0 Å². The Morgan fingerprint density at radius 2 is 1.64 bits per heavy atom. The van der Waals surface area contributed by atoms with E-state index in [1.807, 2.05) is 0 Å². The number of ether oxygens (including phenoxy) is 3. The number of halogens is 1. The van der Waals surface area contributed by atoms with Crippen molar-refractivity contribution >= 4 is 23.4 Å². The predicted octanol–water partition coefficient (Wildman–Crippen LogP) is 5.46. The van der Waals surface area contributed by atoms with Gasteiger partial charge >= 0.3 is 12.0 Å². The number of carbonyl (C=O) groups is 2. The van der Waals surface area contributed by atoms with Crippen LogP contribution in [0, 0.1) is 22.9 Å². The molecule has 2 N–H and O–H groups in total. The Hall–Kier alpha value is -4.71. The lowest BCUT2D eigenvalue weighted by molar-refractivity contribution is -0.385. The SMILES string of the molecule is CCOC(Cc1ccc(OCCN(CCCOc2ccc(F)cc2)C(=O)Nc2ccc(C)c([N+](=O)[O-])c2)cc1)C(=O)O. The van der Waals surface area contributed by atoms with Gasteiger partial charge in [0.05, 0.1) is 18.1 Å². The number of rotatable bonds is 16. The molecule has 0 aliphatic heterocycles. The Labute approximate surface area is 243 Å². The number of hydrogen-bond donors (Lipinski definition) is 2. The van der Waals surface area contributed by atoms with E-state index in [1.54, 1.807) is 50.2 Å². The lowest BCUT2D eigenvalue weighted by Gasteiger charge is -2.23. The van der Waals surface area contributed by atoms with Crippen molar-refractivity contribution in [1.29, 1.82) is 0 Å². The average Bonchev–Trinajstić information content (AvgIpc) is 2.96. The smallest absolute Gasteiger partial charge is 0.333 e. The lowest BCUT2D eigenvalue weighted by atomic mass is 10.1. The molecule has 1 unspecified atom stereocenters. The third-order valence-corrected chi connectivity index (χ3v) is 6.22. The molecule has 3 rings (SSSR count). The molecular weight excluding hydrogens is 549 g/mol. The molecule has 0 heterocycles. The predicted molar refractivity (Wildman–Crippen MR) is 154 cm³/mol. The summed E-state index contributed by atoms with van der Waals surface area (Å²) in [4.78, 5) is 36.8. The van der Waals surface area contributed by atoms with Crippen LogP contribution in [-0.2, 0) is 16.0 Å². The van der Waals surface area contributed by atoms with Gasteiger partial charge in [-0.2, -0.15) is 0 Å². The number of nitro benzene ring substituents is 1. The third-order valence-electron chi connectivity index (χ3n) is 6.22. The molecule has 3 aromatic carbocycles. The summed E-state index contributed by atoms with van der Waals surface area (Å²) in [6, 6.07) is 16.6. The molecule has 0 aromatic heterocycles. The fourth-order valence-electron chi connectivity index (χ4n) is 4.01. The summed E-state index contributed by atoms with van der Waals surface area (Å²) in [6.07, 6.45) is -0.261. The van der Waals surface area contributed by atoms with Crippen LogP contribution < -0.4 is 14.8 Å². The number of hydrogen-bond acceptors (Lipinski definition) is 7. The van der Waals surface area contributed by atoms with Crippen molar-refractivity contribution in [3.63, 3.8) is 0 Å². The molecule has 0 saturated carbocycles. The van der Waals surface area contributed by atoms with Crippen LogP contribution in [0.1, 0.15) is 24.5 Å². The quantitative estimate of drug-likeness (QED) is 0.129. The molecule has 2 amide bonds. The third kappa shape index (κ3) is 10.0. The van der Waals surface area contributed by atoms with E-state index in [2.05, 4.69) is 5.32 Å². The van der Waals surface area contributed by atoms with Crippen LogP contribution in [0.3, 0.4) is 0 Å². The van der Waals surface area contributed by atoms with Gasteiger partial charge in [-0.15, -0.1) is 0 Å². The second-order valence-electron chi connectivity index (χ2n) is 9.31. The first-order chi connectivity index (χ1) is 20.2. The molecule has 12 heteroatoms. The summed E-state index contributed by atoms with van der Waals surface area (Å²) in [5, 5.41) is 23.3. The number of nitro groups is 1. The maximum atomic E-state index is 13.1. The van der Waals surface area contributed by atoms with Crippen LogP contribution in [-0.4, -0.2) is 65.9 Å². The Balaban J connectivity index is 1.59. The number of nitrogens with one attached hydrogen (secondary N) is 1. The molecule has 0 spiro atoms. The summed E-state index contributed by atoms with van der Waals surface area (Å²) in [5.74, 6) is -0.358. The van der Waals surface area contributed by atoms with Gasteiger partial charge in [-0.3, -0.25) is 10.1 Å². The van der Waals surface area contributed by atoms with Gasteiger partial charge in [-0.05, 0) is 68.3 Å². The summed E-state index contributed by atoms with van der Waals surface area (Å²) >= 11 is 0. The highest BCUT2D eigenvalue weighted by molar-refractivity contribution is 5.89. The van der Waals surface area contributed by atoms with E-state index >= 15 is 0 Å². The zero-order valence-electron chi connectivity index (χ0n) is 23.5. The van der Waals surface area contributed by atoms with Crippen molar-refractivity contribution in [2.75, 3.05) is 38.2 Å². The van der Waals surface area contributed by atoms with Gasteiger partial charge < -0.3 is 29.5 Å². The summed E-state index contributed by atoms with van der Waals surface area (Å²) in [7, 11) is 0. The van der Waals surface area contributed by atoms with Crippen molar-refractivity contribution < 1.29 is 38.2 Å². The van der Waals surface area contributed by atoms with Gasteiger partial charge in [-0.25, -0.2) is 14.0 Å². The second-order valence-corrected chi connectivity index (χ2v) is 9.31. The maximum Gasteiger partial charge on any atom is 0.333 e. The first kappa shape index (κ1) is 31.8. The molecule has 0 aliphatic carbocycles. The van der Waals surface area contributed by atoms with Gasteiger partial charge in [-0.1, -0.05) is 18.2 Å². The van der Waals surface area contributed by atoms with E-state index in [0.717, 1.165) is 5.56 Å². The van der Waals surface area contributed by atoms with Crippen LogP contribution in [0.25, 0.3) is 0 Å². The summed E-state index contributed by atoms with van der Waals surface area (Å²) < 4.78 is 29.8. The number of nitrogens with zero attached hydrogens (tertiary/aromatic N) is 2. The van der Waals surface area contributed by atoms with Gasteiger partial charge in [0, 0.05) is 36.9 Å². The molecule has 1 atom stereocenters. The average molecular weight is 584 g/mol. The largest absolute Gasteiger partial charge is 0.494 e. The van der Waals surface area contributed by atoms with Gasteiger partial charge in [0.2, 0.25) is 0 Å². The Morgan fingerprint density at radius 3 is 2.26 bits per heavy atom. The van der Waals surface area contributed by atoms with Gasteiger partial charge in [0.25, 0.3) is 5.69 Å². The number of carboxylic acid groups (broad SMARTS) is 1. The minimum Gasteiger partial charge on any atom is -0.494 e. The molecule has 0 radical (unpaired) electrons. The minimum absolute atomic E-state index is 0.102. The summed E-state index contributed by atoms with van der Waals surface area (Å²) in [5.41, 5.74) is 1.43. The van der Waals surface area contributed by atoms with Crippen molar-refractivity contribution in [2.24, 2.45) is 0 Å². The van der Waals surface area contributed by atoms with Crippen molar-refractivity contribution in [3.05, 3.63) is 93.8 Å². The van der Waals surface area contributed by atoms with E-state index in [-0.39, 0.29) is 49.9 Å². The van der Waals surface area contributed by atoms with Crippen molar-refractivity contribution in [3.8, 4) is 11.5 Å². The zero-order chi connectivity index (χ0) is 30.5. The highest BCUT2D eigenvalue weighted by Crippen LogP contribution is 2.23. The Bertz CT molecular complexity index is 1340. The number of aliphatic carboxylic acids is 1. The van der Waals surface area contributed by atoms with Crippen LogP contribution in [0.4, 0.5) is 20.6 Å². The second kappa shape index (κ2) is 15.9. The Morgan fingerprint density at radius 1 is 1.00 bits per heavy atom. The van der Waals surface area contributed by atoms with Crippen LogP contribution >= 0.6 is 0 Å². The fourth-order valence-corrected chi connectivity index (χ4v) is 4.01. The van der Waals surface area contributed by atoms with E-state index in [1.165, 1.54) is 35.2 Å². The number of carboxylic acids is 1. The highest BCUT2D eigenvalue weighted by atomic mass is 19.1. The standard InChI is InChI=1S/C30H34FN3O8/c1-3-40-28(29(35)36)19-22-6-11-25(12-7-22)42-18-16-33(15-4-17-41-26-13-8-23(31)9-14-26)30(37)32-24-10-5-21(2)27(20-24)34(38)39/h5-14,20,28H,3-4,15-19H2,1-2H3,(H,32,37)(H,35,36).